The first-order valence-electron chi connectivity index (χ1n) is 3.97. The third-order valence-electron chi connectivity index (χ3n) is 1.61. The molecule has 0 saturated carbocycles. The molecule has 1 unspecified atom stereocenters. The van der Waals surface area contributed by atoms with Gasteiger partial charge in [-0.1, -0.05) is 12.1 Å². The van der Waals surface area contributed by atoms with Gasteiger partial charge in [-0.3, -0.25) is 0 Å². The van der Waals surface area contributed by atoms with Gasteiger partial charge in [-0.2, -0.15) is 0 Å². The first-order valence-corrected chi connectivity index (χ1v) is 3.97. The van der Waals surface area contributed by atoms with Crippen molar-refractivity contribution in [2.24, 2.45) is 0 Å². The average molecular weight is 171 g/mol. The lowest BCUT2D eigenvalue weighted by Gasteiger charge is -2.00. The molecule has 68 valence electrons. The molecule has 1 atom stereocenters. The largest absolute Gasteiger partial charge is 0.394 e. The van der Waals surface area contributed by atoms with Gasteiger partial charge < -0.3 is 10.2 Å². The summed E-state index contributed by atoms with van der Waals surface area (Å²) in [6.45, 7) is 2.32. The van der Waals surface area contributed by atoms with Crippen molar-refractivity contribution >= 4 is 0 Å². The van der Waals surface area contributed by atoms with Gasteiger partial charge in [0.1, 0.15) is 5.69 Å². The van der Waals surface area contributed by atoms with Crippen molar-refractivity contribution in [3.05, 3.63) is 11.9 Å². The normalized spacial score (nSPS) is 13.2. The summed E-state index contributed by atoms with van der Waals surface area (Å²) >= 11 is 0. The fourth-order valence-corrected chi connectivity index (χ4v) is 0.887. The molecule has 1 rings (SSSR count). The molecule has 0 aliphatic carbocycles. The number of rotatable bonds is 4. The number of hydrogen-bond donors (Lipinski definition) is 2. The van der Waals surface area contributed by atoms with Crippen LogP contribution in [0.15, 0.2) is 6.20 Å². The lowest BCUT2D eigenvalue weighted by Crippen LogP contribution is -2.02. The molecule has 5 nitrogen and oxygen atoms in total. The quantitative estimate of drug-likeness (QED) is 0.653. The van der Waals surface area contributed by atoms with Crippen LogP contribution in [-0.2, 0) is 6.54 Å². The number of aliphatic hydroxyl groups excluding tert-OH is 2. The van der Waals surface area contributed by atoms with Gasteiger partial charge in [-0.15, -0.1) is 5.10 Å². The molecule has 1 aromatic rings. The van der Waals surface area contributed by atoms with Crippen molar-refractivity contribution in [3.8, 4) is 0 Å². The molecule has 12 heavy (non-hydrogen) atoms. The van der Waals surface area contributed by atoms with E-state index in [0.717, 1.165) is 0 Å². The lowest BCUT2D eigenvalue weighted by molar-refractivity contribution is 0.168. The average Bonchev–Trinajstić information content (AvgIpc) is 2.52. The summed E-state index contributed by atoms with van der Waals surface area (Å²) < 4.78 is 1.51. The van der Waals surface area contributed by atoms with Gasteiger partial charge in [0.05, 0.1) is 25.5 Å². The first kappa shape index (κ1) is 9.15. The number of aliphatic hydroxyl groups is 2. The van der Waals surface area contributed by atoms with E-state index >= 15 is 0 Å². The molecule has 0 aromatic carbocycles. The van der Waals surface area contributed by atoms with Crippen LogP contribution in [0.25, 0.3) is 0 Å². The summed E-state index contributed by atoms with van der Waals surface area (Å²) in [6, 6.07) is 0. The molecule has 0 amide bonds. The maximum atomic E-state index is 9.33. The Labute approximate surface area is 70.6 Å². The molecule has 0 saturated heterocycles. The summed E-state index contributed by atoms with van der Waals surface area (Å²) in [5, 5.41) is 25.4. The summed E-state index contributed by atoms with van der Waals surface area (Å²) in [5.41, 5.74) is 0.561. The molecule has 5 heteroatoms. The maximum absolute atomic E-state index is 9.33. The van der Waals surface area contributed by atoms with Gasteiger partial charge in [0.2, 0.25) is 0 Å². The summed E-state index contributed by atoms with van der Waals surface area (Å²) in [7, 11) is 0. The zero-order valence-corrected chi connectivity index (χ0v) is 7.01. The SMILES string of the molecule is CCC(O)c1cn(CCO)nn1. The predicted octanol–water partition coefficient (Wildman–Crippen LogP) is -0.286. The van der Waals surface area contributed by atoms with Gasteiger partial charge >= 0.3 is 0 Å². The zero-order chi connectivity index (χ0) is 8.97. The van der Waals surface area contributed by atoms with Gasteiger partial charge in [-0.25, -0.2) is 4.68 Å². The second kappa shape index (κ2) is 4.18. The minimum atomic E-state index is -0.544. The Bertz CT molecular complexity index is 236. The van der Waals surface area contributed by atoms with Crippen LogP contribution in [-0.4, -0.2) is 31.8 Å². The third kappa shape index (κ3) is 2.02. The van der Waals surface area contributed by atoms with Crippen molar-refractivity contribution in [2.75, 3.05) is 6.61 Å². The highest BCUT2D eigenvalue weighted by atomic mass is 16.3. The lowest BCUT2D eigenvalue weighted by atomic mass is 10.2. The van der Waals surface area contributed by atoms with Crippen LogP contribution in [0.3, 0.4) is 0 Å². The summed E-state index contributed by atoms with van der Waals surface area (Å²) in [6.07, 6.45) is 1.72. The molecule has 0 aliphatic heterocycles. The second-order valence-electron chi connectivity index (χ2n) is 2.55. The Kier molecular flexibility index (Phi) is 3.19. The van der Waals surface area contributed by atoms with E-state index in [1.54, 1.807) is 6.20 Å². The maximum Gasteiger partial charge on any atom is 0.111 e. The van der Waals surface area contributed by atoms with Crippen LogP contribution in [0.5, 0.6) is 0 Å². The van der Waals surface area contributed by atoms with Crippen LogP contribution in [0, 0.1) is 0 Å². The van der Waals surface area contributed by atoms with Crippen LogP contribution in [0.4, 0.5) is 0 Å². The van der Waals surface area contributed by atoms with Crippen molar-refractivity contribution < 1.29 is 10.2 Å². The topological polar surface area (TPSA) is 71.2 Å². The Hall–Kier alpha value is -0.940. The molecule has 2 N–H and O–H groups in total. The zero-order valence-electron chi connectivity index (χ0n) is 7.01. The van der Waals surface area contributed by atoms with Crippen molar-refractivity contribution in [3.63, 3.8) is 0 Å². The standard InChI is InChI=1S/C7H13N3O2/c1-2-7(12)6-5-10(3-4-11)9-8-6/h5,7,11-12H,2-4H2,1H3. The van der Waals surface area contributed by atoms with E-state index < -0.39 is 6.10 Å². The highest BCUT2D eigenvalue weighted by Gasteiger charge is 2.08. The minimum absolute atomic E-state index is 0.0328. The highest BCUT2D eigenvalue weighted by Crippen LogP contribution is 2.11. The van der Waals surface area contributed by atoms with Crippen molar-refractivity contribution in [2.45, 2.75) is 26.0 Å². The first-order chi connectivity index (χ1) is 5.77. The molecule has 0 spiro atoms. The van der Waals surface area contributed by atoms with Crippen LogP contribution < -0.4 is 0 Å². The molecule has 1 aromatic heterocycles. The van der Waals surface area contributed by atoms with E-state index in [0.29, 0.717) is 18.7 Å². The van der Waals surface area contributed by atoms with E-state index in [4.69, 9.17) is 5.11 Å². The van der Waals surface area contributed by atoms with E-state index in [1.807, 2.05) is 6.92 Å². The summed E-state index contributed by atoms with van der Waals surface area (Å²) in [4.78, 5) is 0. The monoisotopic (exact) mass is 171 g/mol. The molecular weight excluding hydrogens is 158 g/mol. The second-order valence-corrected chi connectivity index (χ2v) is 2.55. The number of hydrogen-bond acceptors (Lipinski definition) is 4. The van der Waals surface area contributed by atoms with Crippen LogP contribution >= 0.6 is 0 Å². The van der Waals surface area contributed by atoms with E-state index in [-0.39, 0.29) is 6.61 Å². The molecule has 0 aliphatic rings. The van der Waals surface area contributed by atoms with Gasteiger partial charge in [0, 0.05) is 0 Å². The molecule has 0 bridgehead atoms. The Balaban J connectivity index is 2.63. The van der Waals surface area contributed by atoms with Crippen molar-refractivity contribution in [1.82, 2.24) is 15.0 Å². The van der Waals surface area contributed by atoms with E-state index in [9.17, 15) is 5.11 Å². The highest BCUT2D eigenvalue weighted by molar-refractivity contribution is 4.96. The molecular formula is C7H13N3O2. The fraction of sp³-hybridized carbons (Fsp3) is 0.714. The fourth-order valence-electron chi connectivity index (χ4n) is 0.887. The Morgan fingerprint density at radius 1 is 1.67 bits per heavy atom. The molecule has 0 fully saturated rings. The minimum Gasteiger partial charge on any atom is -0.394 e. The van der Waals surface area contributed by atoms with E-state index in [1.165, 1.54) is 4.68 Å². The van der Waals surface area contributed by atoms with Crippen molar-refractivity contribution in [1.29, 1.82) is 0 Å². The summed E-state index contributed by atoms with van der Waals surface area (Å²) in [5.74, 6) is 0. The van der Waals surface area contributed by atoms with Crippen LogP contribution in [0.1, 0.15) is 25.1 Å². The van der Waals surface area contributed by atoms with E-state index in [2.05, 4.69) is 10.3 Å². The molecule has 1 heterocycles. The number of nitrogens with zero attached hydrogens (tertiary/aromatic N) is 3. The Morgan fingerprint density at radius 2 is 2.42 bits per heavy atom. The van der Waals surface area contributed by atoms with Gasteiger partial charge in [-0.05, 0) is 6.42 Å². The van der Waals surface area contributed by atoms with Gasteiger partial charge in [0.15, 0.2) is 0 Å². The van der Waals surface area contributed by atoms with Gasteiger partial charge in [0.25, 0.3) is 0 Å². The predicted molar refractivity (Wildman–Crippen MR) is 42.4 cm³/mol. The van der Waals surface area contributed by atoms with Crippen LogP contribution in [0.2, 0.25) is 0 Å². The molecule has 0 radical (unpaired) electrons. The third-order valence-corrected chi connectivity index (χ3v) is 1.61. The number of aromatic nitrogens is 3. The smallest absolute Gasteiger partial charge is 0.111 e. The Morgan fingerprint density at radius 3 is 3.00 bits per heavy atom.